The summed E-state index contributed by atoms with van der Waals surface area (Å²) in [6, 6.07) is 0. The third kappa shape index (κ3) is 2.27. The second kappa shape index (κ2) is 3.29. The maximum atomic E-state index is 2.45. The minimum Gasteiger partial charge on any atom is -0.0649 e. The Morgan fingerprint density at radius 3 is 1.85 bits per heavy atom. The molecular formula is C13H26. The zero-order valence-corrected chi connectivity index (χ0v) is 10.3. The molecule has 0 heterocycles. The summed E-state index contributed by atoms with van der Waals surface area (Å²) < 4.78 is 0. The van der Waals surface area contributed by atoms with Crippen LogP contribution in [-0.4, -0.2) is 0 Å². The number of hydrogen-bond donors (Lipinski definition) is 0. The summed E-state index contributed by atoms with van der Waals surface area (Å²) in [5.41, 5.74) is 1.01. The molecule has 0 nitrogen and oxygen atoms in total. The van der Waals surface area contributed by atoms with E-state index < -0.39 is 0 Å². The van der Waals surface area contributed by atoms with Gasteiger partial charge in [-0.1, -0.05) is 48.0 Å². The zero-order chi connectivity index (χ0) is 10.3. The van der Waals surface area contributed by atoms with Crippen molar-refractivity contribution in [2.75, 3.05) is 0 Å². The summed E-state index contributed by atoms with van der Waals surface area (Å²) in [6.45, 7) is 14.4. The molecule has 0 aromatic heterocycles. The lowest BCUT2D eigenvalue weighted by atomic mass is 9.64. The molecule has 0 N–H and O–H groups in total. The van der Waals surface area contributed by atoms with E-state index in [0.29, 0.717) is 10.8 Å². The lowest BCUT2D eigenvalue weighted by Gasteiger charge is -2.41. The van der Waals surface area contributed by atoms with Crippen LogP contribution in [0.15, 0.2) is 0 Å². The highest BCUT2D eigenvalue weighted by atomic mass is 14.5. The summed E-state index contributed by atoms with van der Waals surface area (Å²) >= 11 is 0. The molecule has 1 saturated carbocycles. The van der Waals surface area contributed by atoms with Gasteiger partial charge in [-0.3, -0.25) is 0 Å². The fourth-order valence-electron chi connectivity index (χ4n) is 2.09. The quantitative estimate of drug-likeness (QED) is 0.600. The fourth-order valence-corrected chi connectivity index (χ4v) is 2.09. The number of hydrogen-bond acceptors (Lipinski definition) is 0. The van der Waals surface area contributed by atoms with Crippen LogP contribution in [0.2, 0.25) is 0 Å². The van der Waals surface area contributed by atoms with Crippen LogP contribution in [0.1, 0.15) is 60.8 Å². The molecule has 2 unspecified atom stereocenters. The summed E-state index contributed by atoms with van der Waals surface area (Å²) in [7, 11) is 0. The molecule has 0 spiro atoms. The van der Waals surface area contributed by atoms with Crippen LogP contribution in [-0.2, 0) is 0 Å². The van der Waals surface area contributed by atoms with Crippen molar-refractivity contribution >= 4 is 0 Å². The Bertz CT molecular complexity index is 176. The molecule has 0 amide bonds. The van der Waals surface area contributed by atoms with Gasteiger partial charge >= 0.3 is 0 Å². The Morgan fingerprint density at radius 2 is 1.54 bits per heavy atom. The van der Waals surface area contributed by atoms with Crippen LogP contribution < -0.4 is 0 Å². The minimum atomic E-state index is 0.495. The van der Waals surface area contributed by atoms with E-state index in [0.717, 1.165) is 11.8 Å². The summed E-state index contributed by atoms with van der Waals surface area (Å²) in [5.74, 6) is 2.03. The first-order valence-electron chi connectivity index (χ1n) is 5.80. The molecule has 1 fully saturated rings. The molecule has 1 rings (SSSR count). The highest BCUT2D eigenvalue weighted by molar-refractivity contribution is 4.93. The molecule has 0 aromatic carbocycles. The topological polar surface area (TPSA) is 0 Å². The Morgan fingerprint density at radius 1 is 1.08 bits per heavy atom. The van der Waals surface area contributed by atoms with Gasteiger partial charge in [-0.2, -0.15) is 0 Å². The zero-order valence-electron chi connectivity index (χ0n) is 10.3. The van der Waals surface area contributed by atoms with Gasteiger partial charge in [0.1, 0.15) is 0 Å². The second-order valence-corrected chi connectivity index (χ2v) is 6.30. The molecule has 1 aliphatic rings. The van der Waals surface area contributed by atoms with E-state index in [4.69, 9.17) is 0 Å². The molecule has 0 saturated heterocycles. The van der Waals surface area contributed by atoms with Gasteiger partial charge in [-0.05, 0) is 35.5 Å². The minimum absolute atomic E-state index is 0.495. The van der Waals surface area contributed by atoms with E-state index in [1.807, 2.05) is 0 Å². The lowest BCUT2D eigenvalue weighted by molar-refractivity contribution is 0.0854. The van der Waals surface area contributed by atoms with E-state index in [-0.39, 0.29) is 0 Å². The first-order valence-corrected chi connectivity index (χ1v) is 5.80. The molecule has 0 aliphatic heterocycles. The Labute approximate surface area is 84.1 Å². The van der Waals surface area contributed by atoms with Crippen molar-refractivity contribution in [3.8, 4) is 0 Å². The van der Waals surface area contributed by atoms with Crippen molar-refractivity contribution in [3.05, 3.63) is 0 Å². The summed E-state index contributed by atoms with van der Waals surface area (Å²) in [4.78, 5) is 0. The average Bonchev–Trinajstić information content (AvgIpc) is 2.65. The summed E-state index contributed by atoms with van der Waals surface area (Å²) in [5, 5.41) is 0. The number of rotatable bonds is 4. The first-order chi connectivity index (χ1) is 5.80. The largest absolute Gasteiger partial charge is 0.0649 e. The third-order valence-corrected chi connectivity index (χ3v) is 4.76. The predicted octanol–water partition coefficient (Wildman–Crippen LogP) is 4.49. The van der Waals surface area contributed by atoms with Crippen LogP contribution in [0, 0.1) is 22.7 Å². The molecular weight excluding hydrogens is 156 g/mol. The van der Waals surface area contributed by atoms with E-state index in [9.17, 15) is 0 Å². The predicted molar refractivity (Wildman–Crippen MR) is 59.7 cm³/mol. The van der Waals surface area contributed by atoms with Crippen molar-refractivity contribution in [1.29, 1.82) is 0 Å². The van der Waals surface area contributed by atoms with Crippen molar-refractivity contribution in [3.63, 3.8) is 0 Å². The van der Waals surface area contributed by atoms with Crippen LogP contribution >= 0.6 is 0 Å². The van der Waals surface area contributed by atoms with Crippen LogP contribution in [0.4, 0.5) is 0 Å². The highest BCUT2D eigenvalue weighted by Crippen LogP contribution is 2.52. The molecule has 0 aromatic rings. The Kier molecular flexibility index (Phi) is 2.81. The highest BCUT2D eigenvalue weighted by Gasteiger charge is 2.42. The second-order valence-electron chi connectivity index (χ2n) is 6.30. The van der Waals surface area contributed by atoms with Crippen LogP contribution in [0.3, 0.4) is 0 Å². The van der Waals surface area contributed by atoms with Crippen molar-refractivity contribution in [2.45, 2.75) is 60.8 Å². The molecule has 0 radical (unpaired) electrons. The monoisotopic (exact) mass is 182 g/mol. The van der Waals surface area contributed by atoms with E-state index >= 15 is 0 Å². The molecule has 0 heteroatoms. The standard InChI is InChI=1S/C13H26/c1-7-12(3,4)13(5,6)9-11-8-10(11)2/h10-11H,7-9H2,1-6H3. The van der Waals surface area contributed by atoms with Crippen molar-refractivity contribution < 1.29 is 0 Å². The smallest absolute Gasteiger partial charge is 0.0300 e. The maximum Gasteiger partial charge on any atom is -0.0300 e. The van der Waals surface area contributed by atoms with Crippen molar-refractivity contribution in [1.82, 2.24) is 0 Å². The van der Waals surface area contributed by atoms with E-state index in [1.165, 1.54) is 19.3 Å². The average molecular weight is 182 g/mol. The van der Waals surface area contributed by atoms with Gasteiger partial charge < -0.3 is 0 Å². The first kappa shape index (κ1) is 11.1. The summed E-state index contributed by atoms with van der Waals surface area (Å²) in [6.07, 6.45) is 4.19. The SMILES string of the molecule is CCC(C)(C)C(C)(C)CC1CC1C. The normalized spacial score (nSPS) is 29.1. The van der Waals surface area contributed by atoms with Gasteiger partial charge in [0.15, 0.2) is 0 Å². The molecule has 2 atom stereocenters. The van der Waals surface area contributed by atoms with E-state index in [1.54, 1.807) is 0 Å². The van der Waals surface area contributed by atoms with Crippen LogP contribution in [0.5, 0.6) is 0 Å². The van der Waals surface area contributed by atoms with Gasteiger partial charge in [-0.15, -0.1) is 0 Å². The van der Waals surface area contributed by atoms with Gasteiger partial charge in [0.25, 0.3) is 0 Å². The molecule has 78 valence electrons. The van der Waals surface area contributed by atoms with E-state index in [2.05, 4.69) is 41.5 Å². The molecule has 0 bridgehead atoms. The molecule has 13 heavy (non-hydrogen) atoms. The molecule has 1 aliphatic carbocycles. The van der Waals surface area contributed by atoms with Crippen LogP contribution in [0.25, 0.3) is 0 Å². The maximum absolute atomic E-state index is 2.45. The third-order valence-electron chi connectivity index (χ3n) is 4.76. The van der Waals surface area contributed by atoms with Gasteiger partial charge in [0.05, 0.1) is 0 Å². The lowest BCUT2D eigenvalue weighted by Crippen LogP contribution is -2.32. The van der Waals surface area contributed by atoms with Gasteiger partial charge in [-0.25, -0.2) is 0 Å². The fraction of sp³-hybridized carbons (Fsp3) is 1.00. The van der Waals surface area contributed by atoms with Crippen molar-refractivity contribution in [2.24, 2.45) is 22.7 Å². The Balaban J connectivity index is 2.54. The Hall–Kier alpha value is 0. The van der Waals surface area contributed by atoms with Gasteiger partial charge in [0.2, 0.25) is 0 Å². The van der Waals surface area contributed by atoms with Gasteiger partial charge in [0, 0.05) is 0 Å².